The maximum absolute atomic E-state index is 10.4. The first-order chi connectivity index (χ1) is 14.0. The molecule has 3 rings (SSSR count). The van der Waals surface area contributed by atoms with E-state index < -0.39 is 6.10 Å². The van der Waals surface area contributed by atoms with Gasteiger partial charge in [0, 0.05) is 51.0 Å². The lowest BCUT2D eigenvalue weighted by atomic mass is 10.1. The molecule has 0 bridgehead atoms. The summed E-state index contributed by atoms with van der Waals surface area (Å²) in [5, 5.41) is 20.0. The fraction of sp³-hybridized carbons (Fsp3) is 0.727. The Morgan fingerprint density at radius 2 is 1.93 bits per heavy atom. The van der Waals surface area contributed by atoms with Crippen molar-refractivity contribution in [2.45, 2.75) is 50.5 Å². The molecule has 0 amide bonds. The molecule has 2 aliphatic rings. The smallest absolute Gasteiger partial charge is 0.124 e. The fourth-order valence-corrected chi connectivity index (χ4v) is 4.11. The SMILES string of the molecule is COc1ccc(OC[C@H](O)CN2CCC(O)CC2)c(CN(C)C2CCOCC2)c1. The van der Waals surface area contributed by atoms with Crippen LogP contribution in [0.4, 0.5) is 0 Å². The Hall–Kier alpha value is -1.38. The van der Waals surface area contributed by atoms with Crippen molar-refractivity contribution in [3.8, 4) is 11.5 Å². The van der Waals surface area contributed by atoms with Crippen molar-refractivity contribution < 1.29 is 24.4 Å². The van der Waals surface area contributed by atoms with E-state index in [9.17, 15) is 10.2 Å². The van der Waals surface area contributed by atoms with E-state index in [0.717, 1.165) is 75.6 Å². The van der Waals surface area contributed by atoms with Crippen LogP contribution in [0.3, 0.4) is 0 Å². The summed E-state index contributed by atoms with van der Waals surface area (Å²) in [5.41, 5.74) is 1.06. The van der Waals surface area contributed by atoms with Crippen molar-refractivity contribution in [1.82, 2.24) is 9.80 Å². The molecule has 1 atom stereocenters. The van der Waals surface area contributed by atoms with Gasteiger partial charge in [-0.15, -0.1) is 0 Å². The van der Waals surface area contributed by atoms with Gasteiger partial charge >= 0.3 is 0 Å². The Labute approximate surface area is 174 Å². The van der Waals surface area contributed by atoms with Crippen LogP contribution in [0.1, 0.15) is 31.2 Å². The topological polar surface area (TPSA) is 74.6 Å². The van der Waals surface area contributed by atoms with Gasteiger partial charge in [-0.2, -0.15) is 0 Å². The van der Waals surface area contributed by atoms with Gasteiger partial charge in [0.1, 0.15) is 24.2 Å². The Balaban J connectivity index is 1.56. The summed E-state index contributed by atoms with van der Waals surface area (Å²) < 4.78 is 16.9. The van der Waals surface area contributed by atoms with E-state index in [2.05, 4.69) is 16.8 Å². The molecule has 0 radical (unpaired) electrons. The highest BCUT2D eigenvalue weighted by Gasteiger charge is 2.22. The molecule has 0 aliphatic carbocycles. The highest BCUT2D eigenvalue weighted by atomic mass is 16.5. The monoisotopic (exact) mass is 408 g/mol. The molecule has 164 valence electrons. The van der Waals surface area contributed by atoms with Crippen molar-refractivity contribution in [3.05, 3.63) is 23.8 Å². The Morgan fingerprint density at radius 3 is 2.62 bits per heavy atom. The van der Waals surface area contributed by atoms with Gasteiger partial charge in [-0.1, -0.05) is 0 Å². The van der Waals surface area contributed by atoms with Crippen LogP contribution in [-0.4, -0.2) is 91.9 Å². The highest BCUT2D eigenvalue weighted by Crippen LogP contribution is 2.27. The zero-order valence-electron chi connectivity index (χ0n) is 17.8. The average Bonchev–Trinajstić information content (AvgIpc) is 2.75. The van der Waals surface area contributed by atoms with Crippen LogP contribution in [0.25, 0.3) is 0 Å². The molecule has 1 aromatic carbocycles. The first-order valence-electron chi connectivity index (χ1n) is 10.7. The molecular formula is C22H36N2O5. The number of β-amino-alcohol motifs (C(OH)–C–C–N with tert-alkyl or cyclic N) is 1. The molecule has 2 fully saturated rings. The Kier molecular flexibility index (Phi) is 8.56. The minimum Gasteiger partial charge on any atom is -0.497 e. The molecule has 1 aromatic rings. The zero-order chi connectivity index (χ0) is 20.6. The Bertz CT molecular complexity index is 615. The number of hydrogen-bond donors (Lipinski definition) is 2. The number of nitrogens with zero attached hydrogens (tertiary/aromatic N) is 2. The summed E-state index contributed by atoms with van der Waals surface area (Å²) in [4.78, 5) is 4.54. The van der Waals surface area contributed by atoms with Crippen LogP contribution >= 0.6 is 0 Å². The lowest BCUT2D eigenvalue weighted by Crippen LogP contribution is -2.41. The molecule has 0 aromatic heterocycles. The summed E-state index contributed by atoms with van der Waals surface area (Å²) in [7, 11) is 3.81. The first-order valence-corrected chi connectivity index (χ1v) is 10.7. The van der Waals surface area contributed by atoms with Gasteiger partial charge in [-0.3, -0.25) is 4.90 Å². The highest BCUT2D eigenvalue weighted by molar-refractivity contribution is 5.40. The van der Waals surface area contributed by atoms with Gasteiger partial charge in [0.2, 0.25) is 0 Å². The van der Waals surface area contributed by atoms with Gasteiger partial charge in [0.15, 0.2) is 0 Å². The second-order valence-corrected chi connectivity index (χ2v) is 8.23. The van der Waals surface area contributed by atoms with Gasteiger partial charge in [-0.05, 0) is 50.9 Å². The number of aliphatic hydroxyl groups excluding tert-OH is 2. The van der Waals surface area contributed by atoms with E-state index in [0.29, 0.717) is 12.6 Å². The molecule has 29 heavy (non-hydrogen) atoms. The van der Waals surface area contributed by atoms with Crippen LogP contribution in [0.15, 0.2) is 18.2 Å². The third-order valence-corrected chi connectivity index (χ3v) is 5.96. The van der Waals surface area contributed by atoms with Crippen LogP contribution in [0, 0.1) is 0 Å². The second kappa shape index (κ2) is 11.1. The van der Waals surface area contributed by atoms with Crippen molar-refractivity contribution in [3.63, 3.8) is 0 Å². The van der Waals surface area contributed by atoms with Gasteiger partial charge in [0.25, 0.3) is 0 Å². The minimum absolute atomic E-state index is 0.200. The van der Waals surface area contributed by atoms with E-state index in [-0.39, 0.29) is 12.7 Å². The number of benzene rings is 1. The fourth-order valence-electron chi connectivity index (χ4n) is 4.11. The first kappa shape index (κ1) is 22.3. The van der Waals surface area contributed by atoms with Crippen molar-refractivity contribution in [2.75, 3.05) is 53.6 Å². The standard InChI is InChI=1S/C22H36N2O5/c1-23(18-7-11-28-12-8-18)14-17-13-21(27-2)3-4-22(17)29-16-20(26)15-24-9-5-19(25)6-10-24/h3-4,13,18-20,25-26H,5-12,14-16H2,1-2H3/t20-/m1/s1. The van der Waals surface area contributed by atoms with Gasteiger partial charge in [0.05, 0.1) is 13.2 Å². The molecule has 0 saturated carbocycles. The number of aliphatic hydroxyl groups is 2. The van der Waals surface area contributed by atoms with Gasteiger partial charge in [-0.25, -0.2) is 0 Å². The zero-order valence-corrected chi connectivity index (χ0v) is 17.8. The summed E-state index contributed by atoms with van der Waals surface area (Å²) >= 11 is 0. The van der Waals surface area contributed by atoms with E-state index >= 15 is 0 Å². The summed E-state index contributed by atoms with van der Waals surface area (Å²) in [5.74, 6) is 1.60. The maximum Gasteiger partial charge on any atom is 0.124 e. The van der Waals surface area contributed by atoms with E-state index in [1.54, 1.807) is 7.11 Å². The summed E-state index contributed by atoms with van der Waals surface area (Å²) in [6, 6.07) is 6.34. The van der Waals surface area contributed by atoms with Crippen molar-refractivity contribution in [2.24, 2.45) is 0 Å². The van der Waals surface area contributed by atoms with Crippen molar-refractivity contribution in [1.29, 1.82) is 0 Å². The number of likely N-dealkylation sites (tertiary alicyclic amines) is 1. The second-order valence-electron chi connectivity index (χ2n) is 8.23. The molecule has 2 heterocycles. The van der Waals surface area contributed by atoms with E-state index in [4.69, 9.17) is 14.2 Å². The minimum atomic E-state index is -0.562. The van der Waals surface area contributed by atoms with Crippen LogP contribution in [0.2, 0.25) is 0 Å². The Morgan fingerprint density at radius 1 is 1.21 bits per heavy atom. The van der Waals surface area contributed by atoms with Gasteiger partial charge < -0.3 is 29.3 Å². The molecule has 2 N–H and O–H groups in total. The number of rotatable bonds is 9. The third-order valence-electron chi connectivity index (χ3n) is 5.96. The largest absolute Gasteiger partial charge is 0.497 e. The van der Waals surface area contributed by atoms with Crippen LogP contribution < -0.4 is 9.47 Å². The molecule has 0 unspecified atom stereocenters. The number of ether oxygens (including phenoxy) is 3. The quantitative estimate of drug-likeness (QED) is 0.641. The van der Waals surface area contributed by atoms with E-state index in [1.807, 2.05) is 18.2 Å². The molecule has 2 saturated heterocycles. The molecule has 2 aliphatic heterocycles. The third kappa shape index (κ3) is 6.83. The molecule has 7 nitrogen and oxygen atoms in total. The predicted octanol–water partition coefficient (Wildman–Crippen LogP) is 1.50. The predicted molar refractivity (Wildman–Crippen MR) is 111 cm³/mol. The number of piperidine rings is 1. The number of hydrogen-bond acceptors (Lipinski definition) is 7. The molecular weight excluding hydrogens is 372 g/mol. The normalized spacial score (nSPS) is 20.7. The summed E-state index contributed by atoms with van der Waals surface area (Å²) in [6.45, 7) is 4.85. The number of methoxy groups -OCH3 is 1. The van der Waals surface area contributed by atoms with Crippen LogP contribution in [0.5, 0.6) is 11.5 Å². The van der Waals surface area contributed by atoms with Crippen LogP contribution in [-0.2, 0) is 11.3 Å². The maximum atomic E-state index is 10.4. The van der Waals surface area contributed by atoms with Crippen molar-refractivity contribution >= 4 is 0 Å². The lowest BCUT2D eigenvalue weighted by molar-refractivity contribution is 0.0325. The molecule has 0 spiro atoms. The average molecular weight is 409 g/mol. The van der Waals surface area contributed by atoms with E-state index in [1.165, 1.54) is 0 Å². The summed E-state index contributed by atoms with van der Waals surface area (Å²) in [6.07, 6.45) is 2.87. The lowest BCUT2D eigenvalue weighted by Gasteiger charge is -2.32. The molecule has 7 heteroatoms.